The predicted octanol–water partition coefficient (Wildman–Crippen LogP) is 1.67. The molecule has 0 saturated carbocycles. The van der Waals surface area contributed by atoms with E-state index in [0.29, 0.717) is 11.6 Å². The zero-order chi connectivity index (χ0) is 11.5. The molecule has 0 fully saturated rings. The highest BCUT2D eigenvalue weighted by atomic mass is 16.5. The quantitative estimate of drug-likeness (QED) is 0.817. The SMILES string of the molecule is COc1cccc(C(O)C(C)(C)C#N)n1. The summed E-state index contributed by atoms with van der Waals surface area (Å²) >= 11 is 0. The molecule has 80 valence electrons. The van der Waals surface area contributed by atoms with Crippen LogP contribution >= 0.6 is 0 Å². The summed E-state index contributed by atoms with van der Waals surface area (Å²) in [6.45, 7) is 3.33. The Hall–Kier alpha value is -1.60. The fourth-order valence-corrected chi connectivity index (χ4v) is 1.13. The highest BCUT2D eigenvalue weighted by Gasteiger charge is 2.30. The molecule has 0 aliphatic heterocycles. The highest BCUT2D eigenvalue weighted by Crippen LogP contribution is 2.31. The second-order valence-electron chi connectivity index (χ2n) is 3.84. The average molecular weight is 206 g/mol. The monoisotopic (exact) mass is 206 g/mol. The number of hydrogen-bond acceptors (Lipinski definition) is 4. The Morgan fingerprint density at radius 3 is 2.73 bits per heavy atom. The molecule has 1 atom stereocenters. The van der Waals surface area contributed by atoms with E-state index in [2.05, 4.69) is 4.98 Å². The molecule has 0 saturated heterocycles. The molecule has 0 radical (unpaired) electrons. The summed E-state index contributed by atoms with van der Waals surface area (Å²) < 4.78 is 4.95. The lowest BCUT2D eigenvalue weighted by atomic mass is 9.86. The normalized spacial score (nSPS) is 13.0. The first-order valence-corrected chi connectivity index (χ1v) is 4.61. The first-order chi connectivity index (χ1) is 7.01. The van der Waals surface area contributed by atoms with Crippen molar-refractivity contribution in [2.75, 3.05) is 7.11 Å². The van der Waals surface area contributed by atoms with E-state index in [9.17, 15) is 5.11 Å². The molecule has 0 aliphatic carbocycles. The van der Waals surface area contributed by atoms with Crippen LogP contribution in [0.3, 0.4) is 0 Å². The molecule has 0 amide bonds. The van der Waals surface area contributed by atoms with Crippen molar-refractivity contribution >= 4 is 0 Å². The van der Waals surface area contributed by atoms with Crippen molar-refractivity contribution in [2.24, 2.45) is 5.41 Å². The van der Waals surface area contributed by atoms with Crippen LogP contribution in [0, 0.1) is 16.7 Å². The van der Waals surface area contributed by atoms with Crippen LogP contribution in [0.2, 0.25) is 0 Å². The first kappa shape index (κ1) is 11.5. The van der Waals surface area contributed by atoms with Crippen molar-refractivity contribution in [1.29, 1.82) is 5.26 Å². The molecule has 15 heavy (non-hydrogen) atoms. The van der Waals surface area contributed by atoms with Gasteiger partial charge in [-0.25, -0.2) is 4.98 Å². The third-order valence-corrected chi connectivity index (χ3v) is 2.21. The Morgan fingerprint density at radius 2 is 2.20 bits per heavy atom. The summed E-state index contributed by atoms with van der Waals surface area (Å²) in [6, 6.07) is 7.14. The van der Waals surface area contributed by atoms with Crippen molar-refractivity contribution in [3.63, 3.8) is 0 Å². The van der Waals surface area contributed by atoms with Gasteiger partial charge in [-0.3, -0.25) is 0 Å². The lowest BCUT2D eigenvalue weighted by Crippen LogP contribution is -2.20. The van der Waals surface area contributed by atoms with Crippen LogP contribution in [0.25, 0.3) is 0 Å². The van der Waals surface area contributed by atoms with Crippen molar-refractivity contribution in [1.82, 2.24) is 4.98 Å². The van der Waals surface area contributed by atoms with Gasteiger partial charge in [0.1, 0.15) is 6.10 Å². The maximum atomic E-state index is 9.93. The van der Waals surface area contributed by atoms with Gasteiger partial charge in [-0.1, -0.05) is 6.07 Å². The Morgan fingerprint density at radius 1 is 1.53 bits per heavy atom. The predicted molar refractivity (Wildman–Crippen MR) is 55.1 cm³/mol. The molecule has 0 aliphatic rings. The molecule has 1 aromatic heterocycles. The lowest BCUT2D eigenvalue weighted by Gasteiger charge is -2.22. The summed E-state index contributed by atoms with van der Waals surface area (Å²) in [5.41, 5.74) is -0.416. The van der Waals surface area contributed by atoms with E-state index in [4.69, 9.17) is 10.00 Å². The molecule has 0 bridgehead atoms. The van der Waals surface area contributed by atoms with Crippen molar-refractivity contribution < 1.29 is 9.84 Å². The zero-order valence-corrected chi connectivity index (χ0v) is 9.06. The van der Waals surface area contributed by atoms with Crippen LogP contribution < -0.4 is 4.74 Å². The summed E-state index contributed by atoms with van der Waals surface area (Å²) in [6.07, 6.45) is -0.919. The van der Waals surface area contributed by atoms with Crippen LogP contribution in [-0.4, -0.2) is 17.2 Å². The summed E-state index contributed by atoms with van der Waals surface area (Å²) in [4.78, 5) is 4.08. The number of nitriles is 1. The molecule has 1 heterocycles. The van der Waals surface area contributed by atoms with E-state index in [0.717, 1.165) is 0 Å². The minimum absolute atomic E-state index is 0.431. The van der Waals surface area contributed by atoms with Crippen molar-refractivity contribution in [3.05, 3.63) is 23.9 Å². The number of aliphatic hydroxyl groups is 1. The molecular formula is C11H14N2O2. The van der Waals surface area contributed by atoms with E-state index >= 15 is 0 Å². The fraction of sp³-hybridized carbons (Fsp3) is 0.455. The molecule has 1 aromatic rings. The largest absolute Gasteiger partial charge is 0.481 e. The van der Waals surface area contributed by atoms with Gasteiger partial charge in [0.05, 0.1) is 24.3 Å². The highest BCUT2D eigenvalue weighted by molar-refractivity contribution is 5.20. The number of rotatable bonds is 3. The Labute approximate surface area is 89.1 Å². The van der Waals surface area contributed by atoms with Crippen LogP contribution in [0.15, 0.2) is 18.2 Å². The average Bonchev–Trinajstić information content (AvgIpc) is 2.28. The van der Waals surface area contributed by atoms with Crippen LogP contribution in [-0.2, 0) is 0 Å². The van der Waals surface area contributed by atoms with Gasteiger partial charge in [-0.05, 0) is 19.9 Å². The molecule has 4 heteroatoms. The smallest absolute Gasteiger partial charge is 0.213 e. The van der Waals surface area contributed by atoms with Gasteiger partial charge in [0, 0.05) is 6.07 Å². The summed E-state index contributed by atoms with van der Waals surface area (Å²) in [7, 11) is 1.51. The number of ether oxygens (including phenoxy) is 1. The minimum atomic E-state index is -0.919. The number of pyridine rings is 1. The third-order valence-electron chi connectivity index (χ3n) is 2.21. The van der Waals surface area contributed by atoms with Crippen LogP contribution in [0.4, 0.5) is 0 Å². The molecule has 0 aromatic carbocycles. The van der Waals surface area contributed by atoms with Gasteiger partial charge >= 0.3 is 0 Å². The van der Waals surface area contributed by atoms with Gasteiger partial charge < -0.3 is 9.84 Å². The Balaban J connectivity index is 3.02. The lowest BCUT2D eigenvalue weighted by molar-refractivity contribution is 0.0821. The van der Waals surface area contributed by atoms with E-state index in [1.807, 2.05) is 6.07 Å². The summed E-state index contributed by atoms with van der Waals surface area (Å²) in [5.74, 6) is 0.431. The maximum absolute atomic E-state index is 9.93. The molecule has 1 rings (SSSR count). The number of aromatic nitrogens is 1. The third kappa shape index (κ3) is 2.45. The maximum Gasteiger partial charge on any atom is 0.213 e. The Bertz CT molecular complexity index is 382. The molecule has 1 unspecified atom stereocenters. The van der Waals surface area contributed by atoms with E-state index in [1.165, 1.54) is 7.11 Å². The van der Waals surface area contributed by atoms with Gasteiger partial charge in [0.2, 0.25) is 5.88 Å². The van der Waals surface area contributed by atoms with E-state index < -0.39 is 11.5 Å². The molecule has 4 nitrogen and oxygen atoms in total. The van der Waals surface area contributed by atoms with Gasteiger partial charge in [-0.2, -0.15) is 5.26 Å². The van der Waals surface area contributed by atoms with Gasteiger partial charge in [0.25, 0.3) is 0 Å². The second-order valence-corrected chi connectivity index (χ2v) is 3.84. The molecule has 1 N–H and O–H groups in total. The number of methoxy groups -OCH3 is 1. The number of aliphatic hydroxyl groups excluding tert-OH is 1. The van der Waals surface area contributed by atoms with Gasteiger partial charge in [0.15, 0.2) is 0 Å². The number of hydrogen-bond donors (Lipinski definition) is 1. The van der Waals surface area contributed by atoms with E-state index in [-0.39, 0.29) is 0 Å². The summed E-state index contributed by atoms with van der Waals surface area (Å²) in [5, 5.41) is 18.8. The Kier molecular flexibility index (Phi) is 3.28. The first-order valence-electron chi connectivity index (χ1n) is 4.61. The fourth-order valence-electron chi connectivity index (χ4n) is 1.13. The standard InChI is InChI=1S/C11H14N2O2/c1-11(2,7-12)10(14)8-5-4-6-9(13-8)15-3/h4-6,10,14H,1-3H3. The van der Waals surface area contributed by atoms with Gasteiger partial charge in [-0.15, -0.1) is 0 Å². The van der Waals surface area contributed by atoms with E-state index in [1.54, 1.807) is 32.0 Å². The van der Waals surface area contributed by atoms with Crippen molar-refractivity contribution in [2.45, 2.75) is 20.0 Å². The number of nitrogens with zero attached hydrogens (tertiary/aromatic N) is 2. The van der Waals surface area contributed by atoms with Crippen molar-refractivity contribution in [3.8, 4) is 11.9 Å². The topological polar surface area (TPSA) is 66.1 Å². The molecule has 0 spiro atoms. The minimum Gasteiger partial charge on any atom is -0.481 e. The second kappa shape index (κ2) is 4.28. The van der Waals surface area contributed by atoms with Crippen LogP contribution in [0.5, 0.6) is 5.88 Å². The van der Waals surface area contributed by atoms with Crippen LogP contribution in [0.1, 0.15) is 25.6 Å². The molecular weight excluding hydrogens is 192 g/mol. The zero-order valence-electron chi connectivity index (χ0n) is 9.06.